The highest BCUT2D eigenvalue weighted by Gasteiger charge is 2.24. The first-order valence-electron chi connectivity index (χ1n) is 10.8. The van der Waals surface area contributed by atoms with Crippen molar-refractivity contribution in [1.82, 2.24) is 10.6 Å². The van der Waals surface area contributed by atoms with Crippen molar-refractivity contribution in [3.8, 4) is 11.5 Å². The summed E-state index contributed by atoms with van der Waals surface area (Å²) in [6, 6.07) is 16.8. The van der Waals surface area contributed by atoms with Gasteiger partial charge in [0.05, 0.1) is 20.3 Å². The first-order chi connectivity index (χ1) is 16.1. The lowest BCUT2D eigenvalue weighted by Crippen LogP contribution is -2.37. The van der Waals surface area contributed by atoms with E-state index in [4.69, 9.17) is 9.47 Å². The third-order valence-corrected chi connectivity index (χ3v) is 6.46. The van der Waals surface area contributed by atoms with Gasteiger partial charge in [-0.3, -0.25) is 9.59 Å². The van der Waals surface area contributed by atoms with Gasteiger partial charge in [0.25, 0.3) is 11.8 Å². The minimum Gasteiger partial charge on any atom is -0.493 e. The highest BCUT2D eigenvalue weighted by atomic mass is 32.1. The summed E-state index contributed by atoms with van der Waals surface area (Å²) in [5.74, 6) is 0.242. The molecule has 0 saturated carbocycles. The number of nitrogens with one attached hydrogen (secondary N) is 2. The number of fused-ring (bicyclic) bond motifs is 1. The van der Waals surface area contributed by atoms with Crippen LogP contribution in [-0.4, -0.2) is 26.0 Å². The Labute approximate surface area is 197 Å². The predicted molar refractivity (Wildman–Crippen MR) is 130 cm³/mol. The maximum atomic E-state index is 13.3. The Kier molecular flexibility index (Phi) is 7.10. The van der Waals surface area contributed by atoms with Crippen LogP contribution in [0, 0.1) is 0 Å². The summed E-state index contributed by atoms with van der Waals surface area (Å²) in [7, 11) is 3.05. The van der Waals surface area contributed by atoms with Crippen LogP contribution >= 0.6 is 11.3 Å². The quantitative estimate of drug-likeness (QED) is 0.498. The smallest absolute Gasteiger partial charge is 0.268 e. The number of benzene rings is 2. The summed E-state index contributed by atoms with van der Waals surface area (Å²) in [6.07, 6.45) is 4.58. The summed E-state index contributed by atoms with van der Waals surface area (Å²) >= 11 is 1.49. The fourth-order valence-electron chi connectivity index (χ4n) is 3.99. The van der Waals surface area contributed by atoms with E-state index >= 15 is 0 Å². The van der Waals surface area contributed by atoms with Crippen LogP contribution in [0.5, 0.6) is 11.5 Å². The van der Waals surface area contributed by atoms with Gasteiger partial charge in [-0.15, -0.1) is 11.3 Å². The van der Waals surface area contributed by atoms with Crippen LogP contribution in [0.2, 0.25) is 0 Å². The molecule has 2 aromatic carbocycles. The van der Waals surface area contributed by atoms with Crippen LogP contribution in [0.1, 0.15) is 45.2 Å². The van der Waals surface area contributed by atoms with Gasteiger partial charge in [-0.05, 0) is 66.1 Å². The summed E-state index contributed by atoms with van der Waals surface area (Å²) in [5, 5.41) is 7.84. The molecule has 3 aromatic rings. The first kappa shape index (κ1) is 22.6. The molecule has 0 radical (unpaired) electrons. The summed E-state index contributed by atoms with van der Waals surface area (Å²) in [4.78, 5) is 27.2. The molecular weight excluding hydrogens is 436 g/mol. The molecule has 1 aliphatic rings. The Bertz CT molecular complexity index is 1170. The second-order valence-corrected chi connectivity index (χ2v) is 8.69. The molecule has 6 nitrogen and oxygen atoms in total. The van der Waals surface area contributed by atoms with Gasteiger partial charge < -0.3 is 20.1 Å². The molecule has 0 unspecified atom stereocenters. The number of amides is 2. The van der Waals surface area contributed by atoms with Gasteiger partial charge in [0.1, 0.15) is 5.70 Å². The molecule has 0 aliphatic heterocycles. The van der Waals surface area contributed by atoms with E-state index in [2.05, 4.69) is 22.8 Å². The number of rotatable bonds is 7. The average Bonchev–Trinajstić information content (AvgIpc) is 3.36. The lowest BCUT2D eigenvalue weighted by Gasteiger charge is -2.26. The molecule has 0 bridgehead atoms. The zero-order valence-corrected chi connectivity index (χ0v) is 19.4. The number of hydrogen-bond acceptors (Lipinski definition) is 5. The van der Waals surface area contributed by atoms with E-state index < -0.39 is 5.91 Å². The molecule has 7 heteroatoms. The first-order valence-corrected chi connectivity index (χ1v) is 11.6. The van der Waals surface area contributed by atoms with E-state index in [1.165, 1.54) is 31.1 Å². The van der Waals surface area contributed by atoms with Crippen molar-refractivity contribution in [2.75, 3.05) is 14.2 Å². The Balaban J connectivity index is 1.57. The van der Waals surface area contributed by atoms with Crippen LogP contribution in [0.15, 0.2) is 65.7 Å². The van der Waals surface area contributed by atoms with Gasteiger partial charge in [0.2, 0.25) is 0 Å². The summed E-state index contributed by atoms with van der Waals surface area (Å²) in [6.45, 7) is 0. The van der Waals surface area contributed by atoms with E-state index in [1.54, 1.807) is 24.3 Å². The zero-order chi connectivity index (χ0) is 23.2. The number of hydrogen-bond donors (Lipinski definition) is 2. The van der Waals surface area contributed by atoms with Gasteiger partial charge in [-0.1, -0.05) is 30.3 Å². The van der Waals surface area contributed by atoms with Crippen LogP contribution < -0.4 is 20.1 Å². The van der Waals surface area contributed by atoms with Gasteiger partial charge in [0.15, 0.2) is 11.5 Å². The van der Waals surface area contributed by atoms with Crippen molar-refractivity contribution < 1.29 is 19.1 Å². The van der Waals surface area contributed by atoms with E-state index in [9.17, 15) is 9.59 Å². The Morgan fingerprint density at radius 1 is 1.03 bits per heavy atom. The lowest BCUT2D eigenvalue weighted by atomic mass is 9.87. The number of ether oxygens (including phenoxy) is 2. The molecule has 0 spiro atoms. The SMILES string of the molecule is COc1ccc(C(=O)N/C(=C\c2cccs2)C(=O)N[C@@H]2CCCc3ccccc32)cc1OC. The molecule has 2 amide bonds. The third-order valence-electron chi connectivity index (χ3n) is 5.64. The Morgan fingerprint density at radius 2 is 1.85 bits per heavy atom. The van der Waals surface area contributed by atoms with Crippen LogP contribution in [0.3, 0.4) is 0 Å². The molecule has 1 atom stereocenters. The van der Waals surface area contributed by atoms with Crippen molar-refractivity contribution in [3.63, 3.8) is 0 Å². The molecule has 1 aliphatic carbocycles. The number of methoxy groups -OCH3 is 2. The van der Waals surface area contributed by atoms with Crippen LogP contribution in [0.25, 0.3) is 6.08 Å². The Morgan fingerprint density at radius 3 is 2.61 bits per heavy atom. The van der Waals surface area contributed by atoms with Crippen LogP contribution in [0.4, 0.5) is 0 Å². The van der Waals surface area contributed by atoms with Gasteiger partial charge >= 0.3 is 0 Å². The minimum absolute atomic E-state index is 0.0906. The van der Waals surface area contributed by atoms with Gasteiger partial charge in [-0.2, -0.15) is 0 Å². The third kappa shape index (κ3) is 5.26. The normalized spacial score (nSPS) is 15.3. The maximum Gasteiger partial charge on any atom is 0.268 e. The largest absolute Gasteiger partial charge is 0.493 e. The zero-order valence-electron chi connectivity index (χ0n) is 18.6. The maximum absolute atomic E-state index is 13.3. The lowest BCUT2D eigenvalue weighted by molar-refractivity contribution is -0.118. The standard InChI is InChI=1S/C26H26N2O4S/c1-31-23-13-12-18(15-24(23)32-2)25(29)28-22(16-19-9-6-14-33-19)26(30)27-21-11-5-8-17-7-3-4-10-20(17)21/h3-4,6-7,9-10,12-16,21H,5,8,11H2,1-2H3,(H,27,30)(H,28,29)/b22-16-/t21-/m1/s1. The minimum atomic E-state index is -0.405. The summed E-state index contributed by atoms with van der Waals surface area (Å²) < 4.78 is 10.5. The molecule has 0 saturated heterocycles. The topological polar surface area (TPSA) is 76.7 Å². The molecule has 0 fully saturated rings. The molecule has 1 aromatic heterocycles. The fourth-order valence-corrected chi connectivity index (χ4v) is 4.64. The van der Waals surface area contributed by atoms with Crippen molar-refractivity contribution >= 4 is 29.2 Å². The number of thiophene rings is 1. The highest BCUT2D eigenvalue weighted by molar-refractivity contribution is 7.10. The molecule has 2 N–H and O–H groups in total. The molecule has 33 heavy (non-hydrogen) atoms. The van der Waals surface area contributed by atoms with Crippen molar-refractivity contribution in [2.24, 2.45) is 0 Å². The molecule has 4 rings (SSSR count). The van der Waals surface area contributed by atoms with E-state index in [0.29, 0.717) is 17.1 Å². The molecule has 170 valence electrons. The number of carbonyl (C=O) groups is 2. The summed E-state index contributed by atoms with van der Waals surface area (Å²) in [5.41, 5.74) is 2.95. The van der Waals surface area contributed by atoms with Gasteiger partial charge in [-0.25, -0.2) is 0 Å². The van der Waals surface area contributed by atoms with Crippen LogP contribution in [-0.2, 0) is 11.2 Å². The fraction of sp³-hybridized carbons (Fsp3) is 0.231. The van der Waals surface area contributed by atoms with Crippen molar-refractivity contribution in [1.29, 1.82) is 0 Å². The Hall–Kier alpha value is -3.58. The van der Waals surface area contributed by atoms with E-state index in [-0.39, 0.29) is 17.6 Å². The highest BCUT2D eigenvalue weighted by Crippen LogP contribution is 2.30. The monoisotopic (exact) mass is 462 g/mol. The number of aryl methyl sites for hydroxylation is 1. The number of carbonyl (C=O) groups excluding carboxylic acids is 2. The van der Waals surface area contributed by atoms with Gasteiger partial charge in [0, 0.05) is 10.4 Å². The van der Waals surface area contributed by atoms with Crippen molar-refractivity contribution in [3.05, 3.63) is 87.2 Å². The second-order valence-electron chi connectivity index (χ2n) is 7.71. The second kappa shape index (κ2) is 10.4. The van der Waals surface area contributed by atoms with Crippen molar-refractivity contribution in [2.45, 2.75) is 25.3 Å². The molecule has 1 heterocycles. The van der Waals surface area contributed by atoms with E-state index in [1.807, 2.05) is 29.6 Å². The molecular formula is C26H26N2O4S. The van der Waals surface area contributed by atoms with E-state index in [0.717, 1.165) is 29.7 Å². The average molecular weight is 463 g/mol. The predicted octanol–water partition coefficient (Wildman–Crippen LogP) is 4.73.